The summed E-state index contributed by atoms with van der Waals surface area (Å²) in [4.78, 5) is 8.77. The molecule has 2 heterocycles. The minimum atomic E-state index is 0.258. The van der Waals surface area contributed by atoms with Gasteiger partial charge in [0.1, 0.15) is 0 Å². The third-order valence-corrected chi connectivity index (χ3v) is 4.20. The van der Waals surface area contributed by atoms with Gasteiger partial charge in [0.15, 0.2) is 5.17 Å². The highest BCUT2D eigenvalue weighted by Crippen LogP contribution is 2.32. The quantitative estimate of drug-likeness (QED) is 0.916. The molecular formula is C15H23N3S. The molecule has 1 aliphatic rings. The van der Waals surface area contributed by atoms with Crippen LogP contribution in [0.2, 0.25) is 0 Å². The standard InChI is InChI=1S/C15H23N3S/c1-11(12-6-5-7-16-9-12)18-14-17-10-13(19-14)8-15(2,3)4/h5-7,9,11,13H,8,10H2,1-4H3,(H,17,18). The highest BCUT2D eigenvalue weighted by atomic mass is 32.2. The van der Waals surface area contributed by atoms with Crippen LogP contribution < -0.4 is 5.32 Å². The van der Waals surface area contributed by atoms with Crippen LogP contribution in [0.1, 0.15) is 45.7 Å². The lowest BCUT2D eigenvalue weighted by Gasteiger charge is -2.22. The maximum atomic E-state index is 4.61. The smallest absolute Gasteiger partial charge is 0.157 e. The Balaban J connectivity index is 1.85. The van der Waals surface area contributed by atoms with Gasteiger partial charge < -0.3 is 5.32 Å². The zero-order valence-corrected chi connectivity index (χ0v) is 13.0. The molecule has 2 atom stereocenters. The predicted octanol–water partition coefficient (Wildman–Crippen LogP) is 3.64. The first-order valence-electron chi connectivity index (χ1n) is 6.81. The van der Waals surface area contributed by atoms with Crippen LogP contribution in [0.4, 0.5) is 0 Å². The minimum absolute atomic E-state index is 0.258. The Hall–Kier alpha value is -1.03. The van der Waals surface area contributed by atoms with Gasteiger partial charge in [-0.15, -0.1) is 0 Å². The average Bonchev–Trinajstić information content (AvgIpc) is 2.75. The molecule has 104 valence electrons. The summed E-state index contributed by atoms with van der Waals surface area (Å²) >= 11 is 1.88. The molecule has 1 aliphatic heterocycles. The number of pyridine rings is 1. The third kappa shape index (κ3) is 4.53. The Labute approximate surface area is 120 Å². The SMILES string of the molecule is CC(NC1=NCC(CC(C)(C)C)S1)c1cccnc1. The molecule has 1 aromatic rings. The number of hydrogen-bond acceptors (Lipinski definition) is 4. The van der Waals surface area contributed by atoms with Crippen LogP contribution in [0.3, 0.4) is 0 Å². The summed E-state index contributed by atoms with van der Waals surface area (Å²) in [6.07, 6.45) is 4.91. The van der Waals surface area contributed by atoms with E-state index in [1.54, 1.807) is 6.20 Å². The van der Waals surface area contributed by atoms with Crippen LogP contribution in [0, 0.1) is 5.41 Å². The van der Waals surface area contributed by atoms with Crippen molar-refractivity contribution in [3.8, 4) is 0 Å². The molecule has 1 aromatic heterocycles. The number of amidine groups is 1. The second-order valence-electron chi connectivity index (χ2n) is 6.30. The van der Waals surface area contributed by atoms with Crippen molar-refractivity contribution < 1.29 is 0 Å². The summed E-state index contributed by atoms with van der Waals surface area (Å²) in [6, 6.07) is 4.32. The van der Waals surface area contributed by atoms with E-state index in [4.69, 9.17) is 0 Å². The van der Waals surface area contributed by atoms with Crippen molar-refractivity contribution >= 4 is 16.9 Å². The molecule has 0 aliphatic carbocycles. The predicted molar refractivity (Wildman–Crippen MR) is 83.5 cm³/mol. The van der Waals surface area contributed by atoms with E-state index < -0.39 is 0 Å². The Morgan fingerprint density at radius 3 is 2.89 bits per heavy atom. The average molecular weight is 277 g/mol. The van der Waals surface area contributed by atoms with Gasteiger partial charge in [0.2, 0.25) is 0 Å². The molecule has 0 saturated carbocycles. The van der Waals surface area contributed by atoms with E-state index in [1.807, 2.05) is 24.0 Å². The second-order valence-corrected chi connectivity index (χ2v) is 7.59. The summed E-state index contributed by atoms with van der Waals surface area (Å²) in [5.74, 6) is 0. The Kier molecular flexibility index (Phi) is 4.50. The molecular weight excluding hydrogens is 254 g/mol. The first-order chi connectivity index (χ1) is 8.94. The maximum Gasteiger partial charge on any atom is 0.157 e. The van der Waals surface area contributed by atoms with Gasteiger partial charge in [-0.3, -0.25) is 9.98 Å². The summed E-state index contributed by atoms with van der Waals surface area (Å²) < 4.78 is 0. The molecule has 4 heteroatoms. The number of thioether (sulfide) groups is 1. The molecule has 0 aromatic carbocycles. The molecule has 19 heavy (non-hydrogen) atoms. The van der Waals surface area contributed by atoms with E-state index in [-0.39, 0.29) is 6.04 Å². The van der Waals surface area contributed by atoms with E-state index in [0.717, 1.165) is 11.7 Å². The summed E-state index contributed by atoms with van der Waals surface area (Å²) in [6.45, 7) is 9.95. The second kappa shape index (κ2) is 5.95. The van der Waals surface area contributed by atoms with Gasteiger partial charge in [-0.1, -0.05) is 38.6 Å². The lowest BCUT2D eigenvalue weighted by atomic mass is 9.90. The number of hydrogen-bond donors (Lipinski definition) is 1. The zero-order chi connectivity index (χ0) is 13.9. The fourth-order valence-corrected chi connectivity index (χ4v) is 3.63. The highest BCUT2D eigenvalue weighted by Gasteiger charge is 2.25. The van der Waals surface area contributed by atoms with Gasteiger partial charge >= 0.3 is 0 Å². The van der Waals surface area contributed by atoms with Crippen molar-refractivity contribution in [2.45, 2.75) is 45.4 Å². The Morgan fingerprint density at radius 2 is 2.26 bits per heavy atom. The van der Waals surface area contributed by atoms with Gasteiger partial charge in [-0.2, -0.15) is 0 Å². The van der Waals surface area contributed by atoms with E-state index in [9.17, 15) is 0 Å². The van der Waals surface area contributed by atoms with Crippen LogP contribution in [0.5, 0.6) is 0 Å². The van der Waals surface area contributed by atoms with Gasteiger partial charge in [0.25, 0.3) is 0 Å². The largest absolute Gasteiger partial charge is 0.358 e. The van der Waals surface area contributed by atoms with Crippen molar-refractivity contribution in [3.05, 3.63) is 30.1 Å². The highest BCUT2D eigenvalue weighted by molar-refractivity contribution is 8.14. The Bertz CT molecular complexity index is 436. The number of nitrogens with zero attached hydrogens (tertiary/aromatic N) is 2. The van der Waals surface area contributed by atoms with Crippen molar-refractivity contribution in [1.82, 2.24) is 10.3 Å². The number of aliphatic imine (C=N–C) groups is 1. The molecule has 0 spiro atoms. The molecule has 1 N–H and O–H groups in total. The zero-order valence-electron chi connectivity index (χ0n) is 12.2. The van der Waals surface area contributed by atoms with Gasteiger partial charge in [0, 0.05) is 17.6 Å². The summed E-state index contributed by atoms with van der Waals surface area (Å²) in [7, 11) is 0. The van der Waals surface area contributed by atoms with Crippen molar-refractivity contribution in [2.24, 2.45) is 10.4 Å². The van der Waals surface area contributed by atoms with E-state index in [2.05, 4.69) is 49.1 Å². The van der Waals surface area contributed by atoms with Crippen molar-refractivity contribution in [2.75, 3.05) is 6.54 Å². The summed E-state index contributed by atoms with van der Waals surface area (Å²) in [5, 5.41) is 5.17. The van der Waals surface area contributed by atoms with Crippen molar-refractivity contribution in [3.63, 3.8) is 0 Å². The van der Waals surface area contributed by atoms with Gasteiger partial charge in [-0.05, 0) is 30.4 Å². The third-order valence-electron chi connectivity index (χ3n) is 3.08. The number of aromatic nitrogens is 1. The van der Waals surface area contributed by atoms with Crippen LogP contribution in [-0.2, 0) is 0 Å². The fraction of sp³-hybridized carbons (Fsp3) is 0.600. The van der Waals surface area contributed by atoms with Crippen LogP contribution in [-0.4, -0.2) is 21.9 Å². The first-order valence-corrected chi connectivity index (χ1v) is 7.69. The summed E-state index contributed by atoms with van der Waals surface area (Å²) in [5.41, 5.74) is 1.57. The lowest BCUT2D eigenvalue weighted by Crippen LogP contribution is -2.24. The monoisotopic (exact) mass is 277 g/mol. The molecule has 3 nitrogen and oxygen atoms in total. The lowest BCUT2D eigenvalue weighted by molar-refractivity contribution is 0.375. The van der Waals surface area contributed by atoms with E-state index >= 15 is 0 Å². The molecule has 0 bridgehead atoms. The van der Waals surface area contributed by atoms with Gasteiger partial charge in [-0.25, -0.2) is 0 Å². The van der Waals surface area contributed by atoms with Crippen LogP contribution >= 0.6 is 11.8 Å². The molecule has 2 rings (SSSR count). The minimum Gasteiger partial charge on any atom is -0.358 e. The number of rotatable bonds is 3. The molecule has 0 amide bonds. The van der Waals surface area contributed by atoms with Crippen LogP contribution in [0.15, 0.2) is 29.5 Å². The van der Waals surface area contributed by atoms with Crippen LogP contribution in [0.25, 0.3) is 0 Å². The molecule has 0 fully saturated rings. The van der Waals surface area contributed by atoms with Gasteiger partial charge in [0.05, 0.1) is 12.6 Å². The topological polar surface area (TPSA) is 37.3 Å². The molecule has 0 radical (unpaired) electrons. The Morgan fingerprint density at radius 1 is 1.47 bits per heavy atom. The van der Waals surface area contributed by atoms with E-state index in [0.29, 0.717) is 10.7 Å². The van der Waals surface area contributed by atoms with E-state index in [1.165, 1.54) is 12.0 Å². The first kappa shape index (κ1) is 14.4. The van der Waals surface area contributed by atoms with Crippen molar-refractivity contribution in [1.29, 1.82) is 0 Å². The maximum absolute atomic E-state index is 4.61. The fourth-order valence-electron chi connectivity index (χ4n) is 2.19. The molecule has 2 unspecified atom stereocenters. The number of nitrogens with one attached hydrogen (secondary N) is 1. The normalized spacial score (nSPS) is 21.1. The molecule has 0 saturated heterocycles.